The molecule has 146 valence electrons. The zero-order chi connectivity index (χ0) is 19.0. The molecule has 1 amide bonds. The minimum atomic E-state index is -3.37. The molecule has 1 unspecified atom stereocenters. The minimum Gasteiger partial charge on any atom is -0.341 e. The summed E-state index contributed by atoms with van der Waals surface area (Å²) in [6, 6.07) is 5.28. The molecular weight excluding hydrogens is 366 g/mol. The molecule has 2 aromatic rings. The van der Waals surface area contributed by atoms with Crippen molar-refractivity contribution in [2.45, 2.75) is 44.1 Å². The highest BCUT2D eigenvalue weighted by Gasteiger charge is 2.38. The highest BCUT2D eigenvalue weighted by molar-refractivity contribution is 7.88. The van der Waals surface area contributed by atoms with Crippen molar-refractivity contribution in [1.29, 1.82) is 0 Å². The molecule has 0 radical (unpaired) electrons. The molecule has 1 atom stereocenters. The Hall–Kier alpha value is -2.00. The Morgan fingerprint density at radius 2 is 1.85 bits per heavy atom. The predicted molar refractivity (Wildman–Crippen MR) is 101 cm³/mol. The maximum atomic E-state index is 13.0. The molecule has 4 heterocycles. The molecule has 0 saturated carbocycles. The summed E-state index contributed by atoms with van der Waals surface area (Å²) in [5.41, 5.74) is 0.831. The quantitative estimate of drug-likeness (QED) is 0.786. The fourth-order valence-electron chi connectivity index (χ4n) is 4.26. The van der Waals surface area contributed by atoms with Crippen molar-refractivity contribution in [2.75, 3.05) is 25.9 Å². The molecular formula is C18H25N5O3S. The molecule has 2 aliphatic rings. The van der Waals surface area contributed by atoms with Crippen LogP contribution < -0.4 is 0 Å². The first kappa shape index (κ1) is 18.4. The van der Waals surface area contributed by atoms with Crippen molar-refractivity contribution < 1.29 is 13.2 Å². The number of rotatable bonds is 3. The third-order valence-electron chi connectivity index (χ3n) is 5.68. The smallest absolute Gasteiger partial charge is 0.241 e. The van der Waals surface area contributed by atoms with E-state index in [-0.39, 0.29) is 11.8 Å². The van der Waals surface area contributed by atoms with Crippen LogP contribution in [0.25, 0.3) is 5.65 Å². The van der Waals surface area contributed by atoms with E-state index in [0.717, 1.165) is 37.2 Å². The van der Waals surface area contributed by atoms with Gasteiger partial charge in [-0.15, -0.1) is 10.2 Å². The summed E-state index contributed by atoms with van der Waals surface area (Å²) in [6.07, 6.45) is 7.11. The molecule has 0 aliphatic carbocycles. The average Bonchev–Trinajstić information content (AvgIpc) is 3.11. The van der Waals surface area contributed by atoms with E-state index in [1.165, 1.54) is 10.6 Å². The topological polar surface area (TPSA) is 87.9 Å². The van der Waals surface area contributed by atoms with Gasteiger partial charge in [-0.05, 0) is 37.8 Å². The molecule has 2 aliphatic heterocycles. The SMILES string of the molecule is CS(=O)(=O)N1CCCCC1C(=O)N1CCC(c2nnc3ccccn23)CC1. The number of hydrogen-bond acceptors (Lipinski definition) is 5. The number of likely N-dealkylation sites (tertiary alicyclic amines) is 1. The van der Waals surface area contributed by atoms with Crippen molar-refractivity contribution in [3.63, 3.8) is 0 Å². The number of fused-ring (bicyclic) bond motifs is 1. The van der Waals surface area contributed by atoms with Crippen LogP contribution in [-0.4, -0.2) is 70.1 Å². The average molecular weight is 391 g/mol. The normalized spacial score (nSPS) is 23.0. The molecule has 0 spiro atoms. The standard InChI is InChI=1S/C18H25N5O3S/c1-27(25,26)23-11-5-2-6-15(23)18(24)21-12-8-14(9-13-21)17-20-19-16-7-3-4-10-22(16)17/h3-4,7,10,14-15H,2,5-6,8-9,11-13H2,1H3. The van der Waals surface area contributed by atoms with Gasteiger partial charge >= 0.3 is 0 Å². The molecule has 0 N–H and O–H groups in total. The van der Waals surface area contributed by atoms with E-state index in [0.29, 0.717) is 26.1 Å². The van der Waals surface area contributed by atoms with E-state index in [1.54, 1.807) is 0 Å². The largest absolute Gasteiger partial charge is 0.341 e. The van der Waals surface area contributed by atoms with Gasteiger partial charge in [0.2, 0.25) is 15.9 Å². The number of carbonyl (C=O) groups excluding carboxylic acids is 1. The number of piperidine rings is 2. The van der Waals surface area contributed by atoms with Crippen molar-refractivity contribution in [3.05, 3.63) is 30.2 Å². The van der Waals surface area contributed by atoms with Gasteiger partial charge in [-0.3, -0.25) is 9.20 Å². The van der Waals surface area contributed by atoms with Crippen molar-refractivity contribution >= 4 is 21.6 Å². The maximum absolute atomic E-state index is 13.0. The molecule has 4 rings (SSSR count). The first-order valence-electron chi connectivity index (χ1n) is 9.50. The Kier molecular flexibility index (Phi) is 4.90. The highest BCUT2D eigenvalue weighted by Crippen LogP contribution is 2.29. The zero-order valence-corrected chi connectivity index (χ0v) is 16.3. The van der Waals surface area contributed by atoms with Crippen LogP contribution in [-0.2, 0) is 14.8 Å². The minimum absolute atomic E-state index is 0.0512. The van der Waals surface area contributed by atoms with E-state index in [4.69, 9.17) is 0 Å². The summed E-state index contributed by atoms with van der Waals surface area (Å²) in [4.78, 5) is 14.8. The van der Waals surface area contributed by atoms with Crippen LogP contribution in [0.1, 0.15) is 43.8 Å². The van der Waals surface area contributed by atoms with Gasteiger partial charge in [0.15, 0.2) is 5.65 Å². The maximum Gasteiger partial charge on any atom is 0.241 e. The Labute approximate surface area is 159 Å². The van der Waals surface area contributed by atoms with Gasteiger partial charge in [0, 0.05) is 31.7 Å². The summed E-state index contributed by atoms with van der Waals surface area (Å²) in [6.45, 7) is 1.69. The first-order valence-corrected chi connectivity index (χ1v) is 11.4. The third-order valence-corrected chi connectivity index (χ3v) is 6.97. The van der Waals surface area contributed by atoms with Gasteiger partial charge in [-0.1, -0.05) is 12.5 Å². The lowest BCUT2D eigenvalue weighted by Crippen LogP contribution is -2.54. The Balaban J connectivity index is 1.45. The molecule has 27 heavy (non-hydrogen) atoms. The van der Waals surface area contributed by atoms with E-state index in [1.807, 2.05) is 33.7 Å². The molecule has 8 nitrogen and oxygen atoms in total. The molecule has 9 heteroatoms. The lowest BCUT2D eigenvalue weighted by Gasteiger charge is -2.38. The number of carbonyl (C=O) groups is 1. The van der Waals surface area contributed by atoms with Gasteiger partial charge in [0.25, 0.3) is 0 Å². The third kappa shape index (κ3) is 3.58. The second kappa shape index (κ2) is 7.20. The summed E-state index contributed by atoms with van der Waals surface area (Å²) in [7, 11) is -3.37. The number of pyridine rings is 1. The van der Waals surface area contributed by atoms with Crippen LogP contribution in [0.3, 0.4) is 0 Å². The number of hydrogen-bond donors (Lipinski definition) is 0. The molecule has 2 saturated heterocycles. The number of sulfonamides is 1. The zero-order valence-electron chi connectivity index (χ0n) is 15.5. The van der Waals surface area contributed by atoms with E-state index < -0.39 is 16.1 Å². The van der Waals surface area contributed by atoms with Crippen molar-refractivity contribution in [1.82, 2.24) is 23.8 Å². The van der Waals surface area contributed by atoms with Gasteiger partial charge in [-0.2, -0.15) is 4.31 Å². The van der Waals surface area contributed by atoms with Crippen LogP contribution >= 0.6 is 0 Å². The summed E-state index contributed by atoms with van der Waals surface area (Å²) in [5.74, 6) is 1.14. The van der Waals surface area contributed by atoms with E-state index in [2.05, 4.69) is 10.2 Å². The summed E-state index contributed by atoms with van der Waals surface area (Å²) in [5, 5.41) is 8.56. The molecule has 0 aromatic carbocycles. The van der Waals surface area contributed by atoms with Gasteiger partial charge < -0.3 is 4.90 Å². The fraction of sp³-hybridized carbons (Fsp3) is 0.611. The number of aromatic nitrogens is 3. The highest BCUT2D eigenvalue weighted by atomic mass is 32.2. The van der Waals surface area contributed by atoms with Crippen molar-refractivity contribution in [2.24, 2.45) is 0 Å². The lowest BCUT2D eigenvalue weighted by atomic mass is 9.94. The summed E-state index contributed by atoms with van der Waals surface area (Å²) >= 11 is 0. The second-order valence-electron chi connectivity index (χ2n) is 7.47. The number of amides is 1. The molecule has 2 fully saturated rings. The number of nitrogens with zero attached hydrogens (tertiary/aromatic N) is 5. The monoisotopic (exact) mass is 391 g/mol. The predicted octanol–water partition coefficient (Wildman–Crippen LogP) is 1.25. The fourth-order valence-corrected chi connectivity index (χ4v) is 5.37. The lowest BCUT2D eigenvalue weighted by molar-refractivity contribution is -0.137. The Morgan fingerprint density at radius 3 is 2.59 bits per heavy atom. The Bertz CT molecular complexity index is 933. The van der Waals surface area contributed by atoms with Crippen molar-refractivity contribution in [3.8, 4) is 0 Å². The van der Waals surface area contributed by atoms with Crippen LogP contribution in [0.4, 0.5) is 0 Å². The van der Waals surface area contributed by atoms with Crippen LogP contribution in [0.5, 0.6) is 0 Å². The second-order valence-corrected chi connectivity index (χ2v) is 9.41. The molecule has 2 aromatic heterocycles. The van der Waals surface area contributed by atoms with E-state index >= 15 is 0 Å². The van der Waals surface area contributed by atoms with Crippen LogP contribution in [0, 0.1) is 0 Å². The van der Waals surface area contributed by atoms with Crippen LogP contribution in [0.15, 0.2) is 24.4 Å². The van der Waals surface area contributed by atoms with Gasteiger partial charge in [0.1, 0.15) is 11.9 Å². The Morgan fingerprint density at radius 1 is 1.07 bits per heavy atom. The molecule has 0 bridgehead atoms. The van der Waals surface area contributed by atoms with Crippen LogP contribution in [0.2, 0.25) is 0 Å². The first-order chi connectivity index (χ1) is 12.9. The summed E-state index contributed by atoms with van der Waals surface area (Å²) < 4.78 is 27.5. The van der Waals surface area contributed by atoms with E-state index in [9.17, 15) is 13.2 Å². The van der Waals surface area contributed by atoms with Gasteiger partial charge in [-0.25, -0.2) is 8.42 Å². The van der Waals surface area contributed by atoms with Gasteiger partial charge in [0.05, 0.1) is 6.26 Å².